The summed E-state index contributed by atoms with van der Waals surface area (Å²) in [5, 5.41) is 16.2. The molecule has 2 saturated heterocycles. The molecular weight excluding hydrogens is 665 g/mol. The molecule has 2 fully saturated rings. The third kappa shape index (κ3) is 8.37. The molecule has 0 spiro atoms. The van der Waals surface area contributed by atoms with E-state index in [1.807, 2.05) is 30.3 Å². The van der Waals surface area contributed by atoms with E-state index in [0.29, 0.717) is 77.3 Å². The number of nitrogens with zero attached hydrogens (tertiary/aromatic N) is 2. The highest BCUT2D eigenvalue weighted by atomic mass is 35.5. The Morgan fingerprint density at radius 2 is 1.59 bits per heavy atom. The number of ether oxygens (including phenoxy) is 1. The summed E-state index contributed by atoms with van der Waals surface area (Å²) in [4.78, 5) is 44.9. The molecule has 13 heteroatoms. The van der Waals surface area contributed by atoms with Crippen molar-refractivity contribution in [2.45, 2.75) is 50.9 Å². The number of hydrogen-bond acceptors (Lipinski definition) is 8. The summed E-state index contributed by atoms with van der Waals surface area (Å²) in [6, 6.07) is 16.7. The lowest BCUT2D eigenvalue weighted by atomic mass is 10.0. The van der Waals surface area contributed by atoms with Crippen LogP contribution in [0.1, 0.15) is 47.3 Å². The van der Waals surface area contributed by atoms with E-state index in [4.69, 9.17) is 27.9 Å². The fourth-order valence-corrected chi connectivity index (χ4v) is 6.61. The molecule has 5 N–H and O–H groups in total. The van der Waals surface area contributed by atoms with Crippen molar-refractivity contribution in [2.75, 3.05) is 25.5 Å². The van der Waals surface area contributed by atoms with Crippen LogP contribution in [0.3, 0.4) is 0 Å². The lowest BCUT2D eigenvalue weighted by molar-refractivity contribution is -0.120. The first-order valence-electron chi connectivity index (χ1n) is 16.2. The van der Waals surface area contributed by atoms with Crippen LogP contribution in [0.15, 0.2) is 67.0 Å². The first kappa shape index (κ1) is 34.3. The Bertz CT molecular complexity index is 1850. The lowest BCUT2D eigenvalue weighted by Crippen LogP contribution is -2.35. The van der Waals surface area contributed by atoms with Gasteiger partial charge in [-0.3, -0.25) is 24.4 Å². The average molecular weight is 703 g/mol. The number of carbonyl (C=O) groups is 3. The topological polar surface area (TPSA) is 146 Å². The Kier molecular flexibility index (Phi) is 11.0. The summed E-state index contributed by atoms with van der Waals surface area (Å²) in [7, 11) is 1.62. The number of methoxy groups -OCH3 is 1. The lowest BCUT2D eigenvalue weighted by Gasteiger charge is -2.16. The Morgan fingerprint density at radius 1 is 0.878 bits per heavy atom. The first-order valence-corrected chi connectivity index (χ1v) is 16.9. The maximum atomic E-state index is 13.1. The van der Waals surface area contributed by atoms with E-state index in [1.165, 1.54) is 0 Å². The standard InChI is InChI=1S/C36H37Cl2N7O4/c1-49-30-15-22(6-7-23(30)18-40-20-25-9-12-32(47)44-25)35-34(38)27(13-14-41-35)26-3-2-4-28(33(26)37)45-36(48)29-10-5-21(17-42-29)16-39-19-24-8-11-31(46)43-24/h2-7,10,13-15,17,24-25,39-40H,8-9,11-12,16,18-20H2,1H3,(H,43,46)(H,44,47)(H,45,48)/t24-,25+/m1/s1. The number of hydrogen-bond donors (Lipinski definition) is 5. The largest absolute Gasteiger partial charge is 0.496 e. The fraction of sp³-hybridized carbons (Fsp3) is 0.306. The summed E-state index contributed by atoms with van der Waals surface area (Å²) in [6.07, 6.45) is 6.11. The molecule has 4 heterocycles. The van der Waals surface area contributed by atoms with Gasteiger partial charge in [0.15, 0.2) is 0 Å². The van der Waals surface area contributed by atoms with Gasteiger partial charge in [-0.25, -0.2) is 0 Å². The molecule has 49 heavy (non-hydrogen) atoms. The number of amides is 3. The highest BCUT2D eigenvalue weighted by molar-refractivity contribution is 6.39. The summed E-state index contributed by atoms with van der Waals surface area (Å²) < 4.78 is 5.69. The van der Waals surface area contributed by atoms with Gasteiger partial charge in [-0.05, 0) is 42.7 Å². The summed E-state index contributed by atoms with van der Waals surface area (Å²) in [6.45, 7) is 2.50. The third-order valence-corrected chi connectivity index (χ3v) is 9.43. The molecule has 11 nitrogen and oxygen atoms in total. The van der Waals surface area contributed by atoms with Crippen LogP contribution in [0, 0.1) is 0 Å². The van der Waals surface area contributed by atoms with E-state index in [9.17, 15) is 14.4 Å². The van der Waals surface area contributed by atoms with Crippen LogP contribution in [0.2, 0.25) is 10.0 Å². The van der Waals surface area contributed by atoms with Gasteiger partial charge in [0.2, 0.25) is 11.8 Å². The highest BCUT2D eigenvalue weighted by Gasteiger charge is 2.22. The third-order valence-electron chi connectivity index (χ3n) is 8.64. The van der Waals surface area contributed by atoms with Crippen molar-refractivity contribution < 1.29 is 19.1 Å². The Labute approximate surface area is 294 Å². The summed E-state index contributed by atoms with van der Waals surface area (Å²) >= 11 is 13.8. The van der Waals surface area contributed by atoms with Gasteiger partial charge >= 0.3 is 0 Å². The SMILES string of the molecule is COc1cc(-c2nccc(-c3cccc(NC(=O)c4ccc(CNC[C@H]5CCC(=O)N5)cn4)c3Cl)c2Cl)ccc1CNC[C@@H]1CCC(=O)N1. The zero-order valence-electron chi connectivity index (χ0n) is 26.9. The average Bonchev–Trinajstić information content (AvgIpc) is 3.73. The van der Waals surface area contributed by atoms with Crippen LogP contribution in [0.5, 0.6) is 5.75 Å². The molecule has 0 unspecified atom stereocenters. The maximum absolute atomic E-state index is 13.1. The smallest absolute Gasteiger partial charge is 0.274 e. The molecule has 254 valence electrons. The number of nitrogens with one attached hydrogen (secondary N) is 5. The second-order valence-corrected chi connectivity index (χ2v) is 12.8. The molecule has 0 radical (unpaired) electrons. The molecule has 0 aliphatic carbocycles. The molecule has 6 rings (SSSR count). The molecular formula is C36H37Cl2N7O4. The van der Waals surface area contributed by atoms with E-state index in [1.54, 1.807) is 43.8 Å². The van der Waals surface area contributed by atoms with Gasteiger partial charge in [0.05, 0.1) is 28.5 Å². The van der Waals surface area contributed by atoms with E-state index in [-0.39, 0.29) is 29.6 Å². The molecule has 2 aliphatic rings. The Morgan fingerprint density at radius 3 is 2.24 bits per heavy atom. The van der Waals surface area contributed by atoms with Crippen molar-refractivity contribution in [1.82, 2.24) is 31.2 Å². The molecule has 2 aliphatic heterocycles. The number of benzene rings is 2. The van der Waals surface area contributed by atoms with E-state index in [2.05, 4.69) is 36.6 Å². The molecule has 2 aromatic carbocycles. The van der Waals surface area contributed by atoms with Crippen molar-refractivity contribution in [2.24, 2.45) is 0 Å². The van der Waals surface area contributed by atoms with Crippen LogP contribution in [-0.4, -0.2) is 60.0 Å². The van der Waals surface area contributed by atoms with Crippen LogP contribution < -0.4 is 31.3 Å². The van der Waals surface area contributed by atoms with E-state index < -0.39 is 5.91 Å². The predicted molar refractivity (Wildman–Crippen MR) is 190 cm³/mol. The second kappa shape index (κ2) is 15.8. The van der Waals surface area contributed by atoms with Gasteiger partial charge in [-0.1, -0.05) is 53.5 Å². The van der Waals surface area contributed by atoms with Crippen LogP contribution in [0.4, 0.5) is 5.69 Å². The molecule has 2 aromatic heterocycles. The highest BCUT2D eigenvalue weighted by Crippen LogP contribution is 2.41. The molecule has 4 aromatic rings. The fourth-order valence-electron chi connectivity index (χ4n) is 6.01. The number of aromatic nitrogens is 2. The van der Waals surface area contributed by atoms with Crippen molar-refractivity contribution in [3.05, 3.63) is 93.9 Å². The zero-order valence-corrected chi connectivity index (χ0v) is 28.5. The minimum atomic E-state index is -0.400. The minimum Gasteiger partial charge on any atom is -0.496 e. The van der Waals surface area contributed by atoms with E-state index in [0.717, 1.165) is 29.5 Å². The van der Waals surface area contributed by atoms with Crippen LogP contribution in [-0.2, 0) is 22.7 Å². The Balaban J connectivity index is 1.12. The molecule has 3 amide bonds. The number of anilines is 1. The second-order valence-electron chi connectivity index (χ2n) is 12.1. The molecule has 0 saturated carbocycles. The summed E-state index contributed by atoms with van der Waals surface area (Å²) in [5.41, 5.74) is 5.16. The predicted octanol–water partition coefficient (Wildman–Crippen LogP) is 5.11. The van der Waals surface area contributed by atoms with Gasteiger partial charge in [-0.2, -0.15) is 0 Å². The monoisotopic (exact) mass is 701 g/mol. The number of pyridine rings is 2. The van der Waals surface area contributed by atoms with Crippen molar-refractivity contribution in [1.29, 1.82) is 0 Å². The van der Waals surface area contributed by atoms with Gasteiger partial charge < -0.3 is 31.3 Å². The number of halogens is 2. The van der Waals surface area contributed by atoms with Crippen molar-refractivity contribution >= 4 is 46.6 Å². The zero-order chi connectivity index (χ0) is 34.3. The number of rotatable bonds is 13. The minimum absolute atomic E-state index is 0.0871. The Hall–Kier alpha value is -4.55. The maximum Gasteiger partial charge on any atom is 0.274 e. The molecule has 2 atom stereocenters. The van der Waals surface area contributed by atoms with Gasteiger partial charge in [-0.15, -0.1) is 0 Å². The summed E-state index contributed by atoms with van der Waals surface area (Å²) in [5.74, 6) is 0.464. The first-order chi connectivity index (χ1) is 23.8. The normalized spacial score (nSPS) is 17.1. The quantitative estimate of drug-likeness (QED) is 0.129. The van der Waals surface area contributed by atoms with Gasteiger partial charge in [0.1, 0.15) is 11.4 Å². The van der Waals surface area contributed by atoms with Crippen LogP contribution >= 0.6 is 23.2 Å². The van der Waals surface area contributed by atoms with E-state index >= 15 is 0 Å². The van der Waals surface area contributed by atoms with Crippen molar-refractivity contribution in [3.8, 4) is 28.1 Å². The number of carbonyl (C=O) groups excluding carboxylic acids is 3. The van der Waals surface area contributed by atoms with Gasteiger partial charge in [0.25, 0.3) is 5.91 Å². The van der Waals surface area contributed by atoms with Gasteiger partial charge in [0, 0.05) is 85.8 Å². The van der Waals surface area contributed by atoms with Crippen LogP contribution in [0.25, 0.3) is 22.4 Å². The van der Waals surface area contributed by atoms with Crippen molar-refractivity contribution in [3.63, 3.8) is 0 Å². The molecule has 0 bridgehead atoms.